The number of esters is 1. The minimum atomic E-state index is -3.15. The van der Waals surface area contributed by atoms with E-state index in [4.69, 9.17) is 26.2 Å². The highest BCUT2D eigenvalue weighted by Gasteiger charge is 2.41. The van der Waals surface area contributed by atoms with Crippen LogP contribution in [-0.4, -0.2) is 50.3 Å². The largest absolute Gasteiger partial charge is 0.465 e. The molecular weight excluding hydrogens is 696 g/mol. The maximum absolute atomic E-state index is 14.0. The van der Waals surface area contributed by atoms with Crippen LogP contribution in [0.15, 0.2) is 24.5 Å². The van der Waals surface area contributed by atoms with Crippen molar-refractivity contribution in [2.24, 2.45) is 0 Å². The Bertz CT molecular complexity index is 1640. The second-order valence-corrected chi connectivity index (χ2v) is 14.6. The lowest BCUT2D eigenvalue weighted by atomic mass is 10.0. The fourth-order valence-corrected chi connectivity index (χ4v) is 7.35. The van der Waals surface area contributed by atoms with E-state index in [1.165, 1.54) is 75.1 Å². The summed E-state index contributed by atoms with van der Waals surface area (Å²) in [6.07, 6.45) is 22.7. The van der Waals surface area contributed by atoms with Gasteiger partial charge in [0, 0.05) is 6.07 Å². The maximum atomic E-state index is 14.0. The zero-order chi connectivity index (χ0) is 37.3. The number of imidazole rings is 1. The molecule has 3 N–H and O–H groups in total. The summed E-state index contributed by atoms with van der Waals surface area (Å²) in [5.41, 5.74) is 4.96. The van der Waals surface area contributed by atoms with Crippen LogP contribution < -0.4 is 10.8 Å². The van der Waals surface area contributed by atoms with E-state index < -0.39 is 49.7 Å². The molecule has 0 aliphatic carbocycles. The molecule has 0 saturated carbocycles. The highest BCUT2D eigenvalue weighted by atomic mass is 31.1. The van der Waals surface area contributed by atoms with Gasteiger partial charge < -0.3 is 19.7 Å². The van der Waals surface area contributed by atoms with Gasteiger partial charge in [0.15, 0.2) is 22.6 Å². The van der Waals surface area contributed by atoms with Crippen molar-refractivity contribution >= 4 is 31.1 Å². The highest BCUT2D eigenvalue weighted by Crippen LogP contribution is 2.39. The van der Waals surface area contributed by atoms with Crippen LogP contribution in [0.4, 0.5) is 19.0 Å². The second-order valence-electron chi connectivity index (χ2n) is 13.5. The molecule has 0 radical (unpaired) electrons. The number of halogens is 3. The molecule has 1 aromatic carbocycles. The Labute approximate surface area is 304 Å². The van der Waals surface area contributed by atoms with Crippen molar-refractivity contribution in [1.82, 2.24) is 24.6 Å². The van der Waals surface area contributed by atoms with Gasteiger partial charge in [-0.1, -0.05) is 96.3 Å². The van der Waals surface area contributed by atoms with Gasteiger partial charge in [-0.05, 0) is 43.4 Å². The molecule has 1 unspecified atom stereocenters. The number of nitrogens with one attached hydrogen (secondary N) is 1. The van der Waals surface area contributed by atoms with Gasteiger partial charge in [0.25, 0.3) is 8.18 Å². The van der Waals surface area contributed by atoms with E-state index in [1.807, 2.05) is 0 Å². The number of terminal acetylenes is 1. The molecule has 0 bridgehead atoms. The minimum Gasteiger partial charge on any atom is -0.465 e. The van der Waals surface area contributed by atoms with E-state index in [0.717, 1.165) is 37.5 Å². The van der Waals surface area contributed by atoms with Crippen molar-refractivity contribution < 1.29 is 36.5 Å². The van der Waals surface area contributed by atoms with Gasteiger partial charge in [-0.25, -0.2) is 18.9 Å². The number of hydrogen-bond donors (Lipinski definition) is 2. The first-order chi connectivity index (χ1) is 25.1. The zero-order valence-electron chi connectivity index (χ0n) is 30.0. The van der Waals surface area contributed by atoms with Gasteiger partial charge in [-0.3, -0.25) is 13.9 Å². The molecule has 3 heterocycles. The predicted molar refractivity (Wildman–Crippen MR) is 194 cm³/mol. The summed E-state index contributed by atoms with van der Waals surface area (Å²) in [6.45, 7) is 2.09. The minimum absolute atomic E-state index is 0.121. The van der Waals surface area contributed by atoms with E-state index in [1.54, 1.807) is 0 Å². The average Bonchev–Trinajstić information content (AvgIpc) is 3.73. The lowest BCUT2D eigenvalue weighted by Gasteiger charge is -2.24. The van der Waals surface area contributed by atoms with Crippen LogP contribution in [0.25, 0.3) is 11.2 Å². The summed E-state index contributed by atoms with van der Waals surface area (Å²) in [6, 6.07) is 1.71. The summed E-state index contributed by atoms with van der Waals surface area (Å²) >= 11 is 0. The van der Waals surface area contributed by atoms with Crippen molar-refractivity contribution in [3.8, 4) is 12.3 Å². The number of fused-ring (bicyclic) bond motifs is 1. The molecule has 11 nitrogen and oxygen atoms in total. The van der Waals surface area contributed by atoms with Crippen LogP contribution >= 0.6 is 8.18 Å². The van der Waals surface area contributed by atoms with Crippen molar-refractivity contribution in [3.05, 3.63) is 47.8 Å². The number of anilines is 1. The summed E-state index contributed by atoms with van der Waals surface area (Å²) in [4.78, 5) is 24.5. The molecule has 1 aliphatic rings. The Morgan fingerprint density at radius 3 is 2.27 bits per heavy atom. The SMILES string of the molecule is C#C[C@@]1(CO[PH](=O)N[C@@H](Cc2cc(F)cc(F)c2)C(=O)OCCCCCCCCCCCCCCCC)CC[C@H](n2cnc3c(N)nc(F)nc32)O1. The van der Waals surface area contributed by atoms with Gasteiger partial charge in [0.2, 0.25) is 0 Å². The van der Waals surface area contributed by atoms with Crippen molar-refractivity contribution in [3.63, 3.8) is 0 Å². The summed E-state index contributed by atoms with van der Waals surface area (Å²) in [5, 5.41) is 2.64. The molecule has 1 fully saturated rings. The van der Waals surface area contributed by atoms with Crippen molar-refractivity contribution in [2.45, 2.75) is 134 Å². The number of unbranched alkanes of at least 4 members (excludes halogenated alkanes) is 13. The van der Waals surface area contributed by atoms with E-state index in [0.29, 0.717) is 19.3 Å². The summed E-state index contributed by atoms with van der Waals surface area (Å²) in [5.74, 6) is 0.108. The third-order valence-electron chi connectivity index (χ3n) is 9.27. The number of nitrogens with two attached hydrogens (primary N) is 1. The molecule has 286 valence electrons. The monoisotopic (exact) mass is 748 g/mol. The van der Waals surface area contributed by atoms with Crippen LogP contribution in [-0.2, 0) is 29.8 Å². The first kappa shape index (κ1) is 41.3. The standard InChI is InChI=1S/C37H52F3N6O5P/c1-3-5-6-7-8-9-10-11-12-13-14-15-16-17-20-49-35(47)30(23-27-21-28(38)24-29(39)22-27)45-52(48)50-25-37(4-2)19-18-31(51-37)46-26-42-32-33(41)43-36(40)44-34(32)46/h2,21-22,24,26,30-31,52H,3,5-20,23,25H2,1H3,(H,45,48)(H2,41,43,44)/t30-,31+,37-/m0/s1. The smallest absolute Gasteiger partial charge is 0.323 e. The van der Waals surface area contributed by atoms with Gasteiger partial charge in [-0.15, -0.1) is 6.42 Å². The number of hydrogen-bond acceptors (Lipinski definition) is 9. The van der Waals surface area contributed by atoms with Crippen LogP contribution in [0, 0.1) is 30.1 Å². The van der Waals surface area contributed by atoms with Gasteiger partial charge in [0.1, 0.15) is 23.9 Å². The second kappa shape index (κ2) is 21.3. The summed E-state index contributed by atoms with van der Waals surface area (Å²) in [7, 11) is -3.15. The fourth-order valence-electron chi connectivity index (χ4n) is 6.40. The first-order valence-corrected chi connectivity index (χ1v) is 19.8. The van der Waals surface area contributed by atoms with E-state index in [-0.39, 0.29) is 42.2 Å². The Morgan fingerprint density at radius 1 is 1.04 bits per heavy atom. The quantitative estimate of drug-likeness (QED) is 0.0303. The maximum Gasteiger partial charge on any atom is 0.323 e. The number of ether oxygens (including phenoxy) is 2. The Hall–Kier alpha value is -3.50. The molecule has 0 spiro atoms. The van der Waals surface area contributed by atoms with E-state index in [2.05, 4.69) is 32.9 Å². The molecule has 52 heavy (non-hydrogen) atoms. The van der Waals surface area contributed by atoms with Crippen molar-refractivity contribution in [2.75, 3.05) is 18.9 Å². The lowest BCUT2D eigenvalue weighted by molar-refractivity contribution is -0.145. The fraction of sp³-hybridized carbons (Fsp3) is 0.622. The third-order valence-corrected chi connectivity index (χ3v) is 10.3. The van der Waals surface area contributed by atoms with Gasteiger partial charge in [-0.2, -0.15) is 14.4 Å². The van der Waals surface area contributed by atoms with E-state index in [9.17, 15) is 22.5 Å². The molecule has 4 rings (SSSR count). The third kappa shape index (κ3) is 12.9. The molecular formula is C37H52F3N6O5P. The highest BCUT2D eigenvalue weighted by molar-refractivity contribution is 7.36. The summed E-state index contributed by atoms with van der Waals surface area (Å²) < 4.78 is 73.6. The van der Waals surface area contributed by atoms with Crippen molar-refractivity contribution in [1.29, 1.82) is 0 Å². The number of rotatable bonds is 24. The number of carbonyl (C=O) groups excluding carboxylic acids is 1. The number of nitrogen functional groups attached to an aromatic ring is 1. The normalized spacial score (nSPS) is 18.4. The van der Waals surface area contributed by atoms with Gasteiger partial charge >= 0.3 is 12.0 Å². The topological polar surface area (TPSA) is 143 Å². The average molecular weight is 749 g/mol. The van der Waals surface area contributed by atoms with Crippen LogP contribution in [0.3, 0.4) is 0 Å². The number of benzene rings is 1. The number of nitrogens with zero attached hydrogens (tertiary/aromatic N) is 4. The van der Waals surface area contributed by atoms with Crippen LogP contribution in [0.1, 0.15) is 121 Å². The van der Waals surface area contributed by atoms with Crippen LogP contribution in [0.2, 0.25) is 0 Å². The Kier molecular flexibility index (Phi) is 16.9. The predicted octanol–water partition coefficient (Wildman–Crippen LogP) is 8.14. The Morgan fingerprint density at radius 2 is 1.65 bits per heavy atom. The number of carbonyl (C=O) groups is 1. The van der Waals surface area contributed by atoms with E-state index >= 15 is 0 Å². The first-order valence-electron chi connectivity index (χ1n) is 18.5. The number of aromatic nitrogens is 4. The molecule has 15 heteroatoms. The van der Waals surface area contributed by atoms with Crippen LogP contribution in [0.5, 0.6) is 0 Å². The molecule has 0 amide bonds. The molecule has 4 atom stereocenters. The van der Waals surface area contributed by atoms with Gasteiger partial charge in [0.05, 0.1) is 19.5 Å². The molecule has 1 saturated heterocycles. The molecule has 1 aliphatic heterocycles. The lowest BCUT2D eigenvalue weighted by Crippen LogP contribution is -2.37. The Balaban J connectivity index is 1.22. The zero-order valence-corrected chi connectivity index (χ0v) is 31.0. The molecule has 2 aromatic heterocycles. The molecule has 3 aromatic rings.